The third kappa shape index (κ3) is 5.47. The van der Waals surface area contributed by atoms with E-state index in [0.29, 0.717) is 35.6 Å². The molecule has 2 heterocycles. The molecule has 0 aliphatic carbocycles. The topological polar surface area (TPSA) is 97.6 Å². The molecule has 1 aliphatic rings. The van der Waals surface area contributed by atoms with Gasteiger partial charge in [-0.25, -0.2) is 9.78 Å². The van der Waals surface area contributed by atoms with Crippen molar-refractivity contribution in [1.29, 1.82) is 0 Å². The minimum Gasteiger partial charge on any atom is -0.444 e. The number of piperidine rings is 1. The molecule has 2 aromatic carbocycles. The second kappa shape index (κ2) is 9.58. The maximum Gasteiger partial charge on any atom is 0.410 e. The predicted octanol–water partition coefficient (Wildman–Crippen LogP) is 6.76. The number of aromatic nitrogens is 1. The number of fused-ring (bicyclic) bond motifs is 1. The van der Waals surface area contributed by atoms with Crippen molar-refractivity contribution in [2.24, 2.45) is 0 Å². The fraction of sp³-hybridized carbons (Fsp3) is 0.360. The molecule has 1 aliphatic heterocycles. The Morgan fingerprint density at radius 2 is 1.85 bits per heavy atom. The second-order valence-electron chi connectivity index (χ2n) is 9.43. The summed E-state index contributed by atoms with van der Waals surface area (Å²) >= 11 is 3.44. The van der Waals surface area contributed by atoms with E-state index in [-0.39, 0.29) is 11.8 Å². The first kappa shape index (κ1) is 23.9. The second-order valence-corrected chi connectivity index (χ2v) is 10.3. The number of nitrogens with one attached hydrogen (secondary N) is 1. The summed E-state index contributed by atoms with van der Waals surface area (Å²) in [5.74, 6) is 0.347. The summed E-state index contributed by atoms with van der Waals surface area (Å²) in [5, 5.41) is 15.5. The first-order chi connectivity index (χ1) is 16.1. The number of benzene rings is 2. The molecule has 1 aromatic heterocycles. The first-order valence-electron chi connectivity index (χ1n) is 11.2. The smallest absolute Gasteiger partial charge is 0.410 e. The van der Waals surface area contributed by atoms with Crippen molar-refractivity contribution < 1.29 is 14.5 Å². The molecule has 8 nitrogen and oxygen atoms in total. The van der Waals surface area contributed by atoms with Gasteiger partial charge in [-0.1, -0.05) is 28.1 Å². The van der Waals surface area contributed by atoms with Crippen LogP contribution in [0.3, 0.4) is 0 Å². The molecule has 9 heteroatoms. The average molecular weight is 527 g/mol. The highest BCUT2D eigenvalue weighted by atomic mass is 79.9. The van der Waals surface area contributed by atoms with Gasteiger partial charge in [0.05, 0.1) is 10.4 Å². The van der Waals surface area contributed by atoms with Crippen molar-refractivity contribution in [3.8, 4) is 0 Å². The summed E-state index contributed by atoms with van der Waals surface area (Å²) in [6, 6.07) is 13.5. The van der Waals surface area contributed by atoms with Crippen LogP contribution in [0.1, 0.15) is 45.1 Å². The number of nitrogens with zero attached hydrogens (tertiary/aromatic N) is 3. The van der Waals surface area contributed by atoms with Gasteiger partial charge in [0.1, 0.15) is 17.5 Å². The maximum absolute atomic E-state index is 12.3. The van der Waals surface area contributed by atoms with Gasteiger partial charge in [0.25, 0.3) is 0 Å². The number of anilines is 2. The molecule has 1 N–H and O–H groups in total. The Bertz CT molecular complexity index is 1220. The number of rotatable bonds is 4. The van der Waals surface area contributed by atoms with E-state index in [1.165, 1.54) is 11.8 Å². The molecule has 1 amide bonds. The Morgan fingerprint density at radius 3 is 2.47 bits per heavy atom. The van der Waals surface area contributed by atoms with Gasteiger partial charge in [-0.2, -0.15) is 0 Å². The highest BCUT2D eigenvalue weighted by Gasteiger charge is 2.27. The van der Waals surface area contributed by atoms with Crippen molar-refractivity contribution in [1.82, 2.24) is 9.88 Å². The van der Waals surface area contributed by atoms with Crippen molar-refractivity contribution in [2.45, 2.75) is 45.1 Å². The fourth-order valence-corrected chi connectivity index (χ4v) is 4.49. The van der Waals surface area contributed by atoms with Gasteiger partial charge in [0.15, 0.2) is 0 Å². The number of ether oxygens (including phenoxy) is 1. The number of nitro groups is 1. The third-order valence-corrected chi connectivity index (χ3v) is 6.30. The van der Waals surface area contributed by atoms with Gasteiger partial charge < -0.3 is 15.0 Å². The van der Waals surface area contributed by atoms with Crippen LogP contribution in [0.25, 0.3) is 10.9 Å². The highest BCUT2D eigenvalue weighted by Crippen LogP contribution is 2.36. The largest absolute Gasteiger partial charge is 0.444 e. The van der Waals surface area contributed by atoms with Gasteiger partial charge in [-0.3, -0.25) is 10.1 Å². The molecule has 0 unspecified atom stereocenters. The number of carbonyl (C=O) groups is 1. The maximum atomic E-state index is 12.3. The van der Waals surface area contributed by atoms with Crippen LogP contribution in [0.2, 0.25) is 0 Å². The number of pyridine rings is 1. The lowest BCUT2D eigenvalue weighted by molar-refractivity contribution is -0.384. The Balaban J connectivity index is 1.48. The van der Waals surface area contributed by atoms with Crippen LogP contribution in [-0.4, -0.2) is 39.6 Å². The average Bonchev–Trinajstić information content (AvgIpc) is 2.78. The Kier molecular flexibility index (Phi) is 6.74. The molecule has 34 heavy (non-hydrogen) atoms. The SMILES string of the molecule is CC(C)(C)OC(=O)N1CCC(c2ccc(Nc3c([N+](=O)[O-])cnc4ccc(Br)cc34)cc2)CC1. The molecule has 178 valence electrons. The zero-order valence-electron chi connectivity index (χ0n) is 19.4. The minimum absolute atomic E-state index is 0.0795. The van der Waals surface area contributed by atoms with Crippen LogP contribution < -0.4 is 5.32 Å². The lowest BCUT2D eigenvalue weighted by Gasteiger charge is -2.33. The number of hydrogen-bond acceptors (Lipinski definition) is 6. The summed E-state index contributed by atoms with van der Waals surface area (Å²) in [4.78, 5) is 29.5. The van der Waals surface area contributed by atoms with Gasteiger partial charge in [0, 0.05) is 28.6 Å². The number of carbonyl (C=O) groups excluding carboxylic acids is 1. The minimum atomic E-state index is -0.498. The van der Waals surface area contributed by atoms with Crippen molar-refractivity contribution >= 4 is 50.0 Å². The first-order valence-corrected chi connectivity index (χ1v) is 12.0. The number of hydrogen-bond donors (Lipinski definition) is 1. The fourth-order valence-electron chi connectivity index (χ4n) is 4.13. The Hall–Kier alpha value is -3.20. The van der Waals surface area contributed by atoms with Gasteiger partial charge in [-0.15, -0.1) is 0 Å². The lowest BCUT2D eigenvalue weighted by atomic mass is 9.89. The summed E-state index contributed by atoms with van der Waals surface area (Å²) in [5.41, 5.74) is 2.45. The van der Waals surface area contributed by atoms with Crippen molar-refractivity contribution in [3.05, 3.63) is 68.8 Å². The zero-order valence-corrected chi connectivity index (χ0v) is 21.0. The van der Waals surface area contributed by atoms with Gasteiger partial charge in [-0.05, 0) is 75.4 Å². The molecular formula is C25H27BrN4O4. The van der Waals surface area contributed by atoms with E-state index < -0.39 is 10.5 Å². The third-order valence-electron chi connectivity index (χ3n) is 5.80. The molecule has 0 saturated carbocycles. The molecule has 0 spiro atoms. The van der Waals surface area contributed by atoms with Crippen molar-refractivity contribution in [3.63, 3.8) is 0 Å². The Morgan fingerprint density at radius 1 is 1.18 bits per heavy atom. The normalized spacial score (nSPS) is 14.8. The lowest BCUT2D eigenvalue weighted by Crippen LogP contribution is -2.41. The van der Waals surface area contributed by atoms with Crippen LogP contribution in [-0.2, 0) is 4.74 Å². The molecule has 1 fully saturated rings. The van der Waals surface area contributed by atoms with Crippen LogP contribution in [0.5, 0.6) is 0 Å². The van der Waals surface area contributed by atoms with E-state index in [1.54, 1.807) is 4.90 Å². The van der Waals surface area contributed by atoms with E-state index in [2.05, 4.69) is 26.2 Å². The summed E-state index contributed by atoms with van der Waals surface area (Å²) in [6.07, 6.45) is 2.75. The standard InChI is InChI=1S/C25H27BrN4O4/c1-25(2,3)34-24(31)29-12-10-17(11-13-29)16-4-7-19(8-5-16)28-23-20-14-18(26)6-9-21(20)27-15-22(23)30(32)33/h4-9,14-15,17H,10-13H2,1-3H3,(H,27,28). The molecule has 0 atom stereocenters. The zero-order chi connectivity index (χ0) is 24.5. The van der Waals surface area contributed by atoms with E-state index in [4.69, 9.17) is 4.74 Å². The van der Waals surface area contributed by atoms with E-state index >= 15 is 0 Å². The number of amides is 1. The van der Waals surface area contributed by atoms with Crippen LogP contribution >= 0.6 is 15.9 Å². The molecule has 1 saturated heterocycles. The summed E-state index contributed by atoms with van der Waals surface area (Å²) in [6.45, 7) is 6.92. The molecule has 0 bridgehead atoms. The van der Waals surface area contributed by atoms with Crippen LogP contribution in [0, 0.1) is 10.1 Å². The monoisotopic (exact) mass is 526 g/mol. The molecule has 3 aromatic rings. The van der Waals surface area contributed by atoms with Gasteiger partial charge >= 0.3 is 11.8 Å². The van der Waals surface area contributed by atoms with Crippen molar-refractivity contribution in [2.75, 3.05) is 18.4 Å². The summed E-state index contributed by atoms with van der Waals surface area (Å²) in [7, 11) is 0. The predicted molar refractivity (Wildman–Crippen MR) is 136 cm³/mol. The highest BCUT2D eigenvalue weighted by molar-refractivity contribution is 9.10. The van der Waals surface area contributed by atoms with Crippen LogP contribution in [0.15, 0.2) is 53.1 Å². The quantitative estimate of drug-likeness (QED) is 0.297. The van der Waals surface area contributed by atoms with E-state index in [0.717, 1.165) is 23.0 Å². The van der Waals surface area contributed by atoms with Gasteiger partial charge in [0.2, 0.25) is 0 Å². The molecular weight excluding hydrogens is 500 g/mol. The van der Waals surface area contributed by atoms with E-state index in [9.17, 15) is 14.9 Å². The number of likely N-dealkylation sites (tertiary alicyclic amines) is 1. The number of halogens is 1. The Labute approximate surface area is 206 Å². The van der Waals surface area contributed by atoms with E-state index in [1.807, 2.05) is 63.2 Å². The molecule has 0 radical (unpaired) electrons. The van der Waals surface area contributed by atoms with Crippen LogP contribution in [0.4, 0.5) is 21.9 Å². The molecule has 4 rings (SSSR count). The summed E-state index contributed by atoms with van der Waals surface area (Å²) < 4.78 is 6.30.